The Morgan fingerprint density at radius 3 is 2.46 bits per heavy atom. The van der Waals surface area contributed by atoms with E-state index in [0.29, 0.717) is 12.5 Å². The van der Waals surface area contributed by atoms with Crippen LogP contribution in [0.3, 0.4) is 0 Å². The summed E-state index contributed by atoms with van der Waals surface area (Å²) in [6.45, 7) is 7.42. The fourth-order valence-electron chi connectivity index (χ4n) is 4.22. The van der Waals surface area contributed by atoms with Crippen LogP contribution in [-0.2, 0) is 18.3 Å². The number of rotatable bonds is 4. The van der Waals surface area contributed by atoms with Crippen LogP contribution in [-0.4, -0.2) is 68.9 Å². The maximum Gasteiger partial charge on any atom is 0.222 e. The Labute approximate surface area is 144 Å². The van der Waals surface area contributed by atoms with Gasteiger partial charge in [0.25, 0.3) is 0 Å². The smallest absolute Gasteiger partial charge is 0.222 e. The van der Waals surface area contributed by atoms with Gasteiger partial charge in [-0.1, -0.05) is 0 Å². The minimum Gasteiger partial charge on any atom is -0.391 e. The van der Waals surface area contributed by atoms with Crippen molar-refractivity contribution in [2.24, 2.45) is 7.05 Å². The molecule has 1 N–H and O–H groups in total. The number of aryl methyl sites for hydroxylation is 2. The molecule has 2 heterocycles. The van der Waals surface area contributed by atoms with Gasteiger partial charge in [-0.2, -0.15) is 5.10 Å². The van der Waals surface area contributed by atoms with Crippen molar-refractivity contribution >= 4 is 5.91 Å². The van der Waals surface area contributed by atoms with Crippen LogP contribution >= 0.6 is 0 Å². The zero-order valence-electron chi connectivity index (χ0n) is 15.2. The molecule has 1 amide bonds. The predicted octanol–water partition coefficient (Wildman–Crippen LogP) is 1.03. The second-order valence-electron chi connectivity index (χ2n) is 7.26. The van der Waals surface area contributed by atoms with E-state index < -0.39 is 0 Å². The van der Waals surface area contributed by atoms with Crippen LogP contribution in [0.4, 0.5) is 0 Å². The maximum atomic E-state index is 12.5. The van der Waals surface area contributed by atoms with Crippen molar-refractivity contribution < 1.29 is 9.90 Å². The summed E-state index contributed by atoms with van der Waals surface area (Å²) >= 11 is 0. The van der Waals surface area contributed by atoms with Crippen molar-refractivity contribution in [3.63, 3.8) is 0 Å². The molecule has 0 unspecified atom stereocenters. The molecule has 0 aromatic carbocycles. The second-order valence-corrected chi connectivity index (χ2v) is 7.26. The molecule has 0 radical (unpaired) electrons. The average Bonchev–Trinajstić information content (AvgIpc) is 3.10. The summed E-state index contributed by atoms with van der Waals surface area (Å²) in [4.78, 5) is 16.9. The number of hydrogen-bond donors (Lipinski definition) is 1. The van der Waals surface area contributed by atoms with Gasteiger partial charge in [-0.3, -0.25) is 14.4 Å². The molecular weight excluding hydrogens is 304 g/mol. The van der Waals surface area contributed by atoms with Gasteiger partial charge in [0.05, 0.1) is 11.8 Å². The summed E-state index contributed by atoms with van der Waals surface area (Å²) in [5.41, 5.74) is 3.39. The van der Waals surface area contributed by atoms with Gasteiger partial charge in [-0.15, -0.1) is 0 Å². The molecule has 134 valence electrons. The fourth-order valence-corrected chi connectivity index (χ4v) is 4.22. The van der Waals surface area contributed by atoms with Gasteiger partial charge in [0.15, 0.2) is 0 Å². The van der Waals surface area contributed by atoms with Crippen LogP contribution in [0.15, 0.2) is 0 Å². The lowest BCUT2D eigenvalue weighted by atomic mass is 10.1. The first-order chi connectivity index (χ1) is 11.5. The number of aliphatic hydroxyl groups excluding tert-OH is 1. The van der Waals surface area contributed by atoms with Crippen LogP contribution in [0, 0.1) is 13.8 Å². The molecule has 1 aliphatic carbocycles. The third-order valence-electron chi connectivity index (χ3n) is 5.83. The molecule has 3 rings (SSSR count). The molecule has 1 saturated carbocycles. The third-order valence-corrected chi connectivity index (χ3v) is 5.83. The fraction of sp³-hybridized carbons (Fsp3) is 0.778. The number of nitrogens with zero attached hydrogens (tertiary/aromatic N) is 4. The van der Waals surface area contributed by atoms with E-state index >= 15 is 0 Å². The van der Waals surface area contributed by atoms with Crippen LogP contribution in [0.25, 0.3) is 0 Å². The predicted molar refractivity (Wildman–Crippen MR) is 92.8 cm³/mol. The standard InChI is InChI=1S/C18H30N4O2/c1-13-15(14(2)20(3)19-13)7-8-18(24)22-11-9-21(10-12-22)16-5-4-6-17(16)23/h16-17,23H,4-12H2,1-3H3/t16-,17-/m0/s1. The number of carbonyl (C=O) groups is 1. The number of aliphatic hydroxyl groups is 1. The molecule has 2 aliphatic rings. The molecule has 0 bridgehead atoms. The van der Waals surface area contributed by atoms with Gasteiger partial charge in [0, 0.05) is 51.4 Å². The molecule has 24 heavy (non-hydrogen) atoms. The van der Waals surface area contributed by atoms with E-state index in [0.717, 1.165) is 63.3 Å². The highest BCUT2D eigenvalue weighted by Crippen LogP contribution is 2.25. The van der Waals surface area contributed by atoms with Gasteiger partial charge >= 0.3 is 0 Å². The van der Waals surface area contributed by atoms with E-state index in [2.05, 4.69) is 16.9 Å². The molecule has 6 heteroatoms. The Hall–Kier alpha value is -1.40. The van der Waals surface area contributed by atoms with E-state index in [9.17, 15) is 9.90 Å². The minimum absolute atomic E-state index is 0.177. The number of amides is 1. The maximum absolute atomic E-state index is 12.5. The third kappa shape index (κ3) is 3.49. The molecular formula is C18H30N4O2. The van der Waals surface area contributed by atoms with Crippen LogP contribution in [0.1, 0.15) is 42.6 Å². The first kappa shape index (κ1) is 17.4. The highest BCUT2D eigenvalue weighted by Gasteiger charge is 2.33. The first-order valence-corrected chi connectivity index (χ1v) is 9.16. The van der Waals surface area contributed by atoms with E-state index in [-0.39, 0.29) is 12.0 Å². The molecule has 2 fully saturated rings. The molecule has 1 saturated heterocycles. The Balaban J connectivity index is 1.48. The van der Waals surface area contributed by atoms with Crippen molar-refractivity contribution in [2.75, 3.05) is 26.2 Å². The molecule has 1 aromatic rings. The Morgan fingerprint density at radius 1 is 1.21 bits per heavy atom. The molecule has 0 spiro atoms. The lowest BCUT2D eigenvalue weighted by Gasteiger charge is -2.39. The SMILES string of the molecule is Cc1nn(C)c(C)c1CCC(=O)N1CCN([C@H]2CCC[C@@H]2O)CC1. The van der Waals surface area contributed by atoms with Crippen LogP contribution in [0.5, 0.6) is 0 Å². The Bertz CT molecular complexity index is 590. The van der Waals surface area contributed by atoms with E-state index in [4.69, 9.17) is 0 Å². The lowest BCUT2D eigenvalue weighted by molar-refractivity contribution is -0.133. The average molecular weight is 334 g/mol. The van der Waals surface area contributed by atoms with Gasteiger partial charge < -0.3 is 10.0 Å². The lowest BCUT2D eigenvalue weighted by Crippen LogP contribution is -2.53. The minimum atomic E-state index is -0.177. The topological polar surface area (TPSA) is 61.6 Å². The van der Waals surface area contributed by atoms with Gasteiger partial charge in [0.2, 0.25) is 5.91 Å². The normalized spacial score (nSPS) is 25.4. The zero-order chi connectivity index (χ0) is 17.3. The largest absolute Gasteiger partial charge is 0.391 e. The van der Waals surface area contributed by atoms with Crippen molar-refractivity contribution in [1.29, 1.82) is 0 Å². The second kappa shape index (κ2) is 7.23. The summed E-state index contributed by atoms with van der Waals surface area (Å²) < 4.78 is 1.89. The number of aromatic nitrogens is 2. The summed E-state index contributed by atoms with van der Waals surface area (Å²) in [6, 6.07) is 0.308. The summed E-state index contributed by atoms with van der Waals surface area (Å²) in [5, 5.41) is 14.5. The van der Waals surface area contributed by atoms with Gasteiger partial charge in [0.1, 0.15) is 0 Å². The van der Waals surface area contributed by atoms with Crippen molar-refractivity contribution in [3.05, 3.63) is 17.0 Å². The number of piperazine rings is 1. The quantitative estimate of drug-likeness (QED) is 0.893. The molecule has 6 nitrogen and oxygen atoms in total. The highest BCUT2D eigenvalue weighted by atomic mass is 16.3. The Morgan fingerprint density at radius 2 is 1.92 bits per heavy atom. The molecule has 1 aromatic heterocycles. The zero-order valence-corrected chi connectivity index (χ0v) is 15.2. The van der Waals surface area contributed by atoms with Crippen LogP contribution in [0.2, 0.25) is 0 Å². The van der Waals surface area contributed by atoms with Crippen molar-refractivity contribution in [2.45, 2.75) is 58.1 Å². The van der Waals surface area contributed by atoms with E-state index in [1.807, 2.05) is 23.6 Å². The summed E-state index contributed by atoms with van der Waals surface area (Å²) in [7, 11) is 1.95. The first-order valence-electron chi connectivity index (χ1n) is 9.16. The van der Waals surface area contributed by atoms with E-state index in [1.54, 1.807) is 0 Å². The molecule has 1 aliphatic heterocycles. The number of carbonyl (C=O) groups excluding carboxylic acids is 1. The summed E-state index contributed by atoms with van der Waals surface area (Å²) in [5.74, 6) is 0.240. The van der Waals surface area contributed by atoms with Crippen LogP contribution < -0.4 is 0 Å². The summed E-state index contributed by atoms with van der Waals surface area (Å²) in [6.07, 6.45) is 4.28. The van der Waals surface area contributed by atoms with Crippen molar-refractivity contribution in [3.8, 4) is 0 Å². The number of hydrogen-bond acceptors (Lipinski definition) is 4. The highest BCUT2D eigenvalue weighted by molar-refractivity contribution is 5.76. The van der Waals surface area contributed by atoms with Gasteiger partial charge in [-0.25, -0.2) is 0 Å². The van der Waals surface area contributed by atoms with Crippen molar-refractivity contribution in [1.82, 2.24) is 19.6 Å². The van der Waals surface area contributed by atoms with E-state index in [1.165, 1.54) is 5.56 Å². The van der Waals surface area contributed by atoms with Gasteiger partial charge in [-0.05, 0) is 45.1 Å². The molecule has 2 atom stereocenters. The Kier molecular flexibility index (Phi) is 5.25. The monoisotopic (exact) mass is 334 g/mol.